The lowest BCUT2D eigenvalue weighted by Crippen LogP contribution is -2.45. The van der Waals surface area contributed by atoms with Gasteiger partial charge in [-0.25, -0.2) is 13.8 Å². The fraction of sp³-hybridized carbons (Fsp3) is 0.389. The maximum Gasteiger partial charge on any atom is 0.213 e. The minimum Gasteiger partial charge on any atom is -0.481 e. The highest BCUT2D eigenvalue weighted by atomic mass is 19.2. The number of hydrogen-bond acceptors (Lipinski definition) is 4. The summed E-state index contributed by atoms with van der Waals surface area (Å²) in [5.74, 6) is -0.950. The number of aromatic nitrogens is 1. The van der Waals surface area contributed by atoms with Gasteiger partial charge in [-0.05, 0) is 23.8 Å². The van der Waals surface area contributed by atoms with Crippen molar-refractivity contribution in [2.24, 2.45) is 0 Å². The minimum atomic E-state index is -0.797. The Balaban J connectivity index is 1.51. The maximum atomic E-state index is 13.3. The number of rotatable bonds is 5. The Bertz CT molecular complexity index is 688. The van der Waals surface area contributed by atoms with Gasteiger partial charge < -0.3 is 4.74 Å². The van der Waals surface area contributed by atoms with Crippen LogP contribution < -0.4 is 4.74 Å². The predicted octanol–water partition coefficient (Wildman–Crippen LogP) is 2.69. The van der Waals surface area contributed by atoms with Crippen molar-refractivity contribution in [3.8, 4) is 5.88 Å². The second-order valence-electron chi connectivity index (χ2n) is 5.97. The number of hydrogen-bond donors (Lipinski definition) is 0. The number of halogens is 2. The lowest BCUT2D eigenvalue weighted by molar-refractivity contribution is 0.120. The van der Waals surface area contributed by atoms with Crippen molar-refractivity contribution in [3.63, 3.8) is 0 Å². The van der Waals surface area contributed by atoms with Gasteiger partial charge in [0.2, 0.25) is 5.88 Å². The van der Waals surface area contributed by atoms with E-state index in [4.69, 9.17) is 4.74 Å². The van der Waals surface area contributed by atoms with E-state index in [9.17, 15) is 8.78 Å². The van der Waals surface area contributed by atoms with Crippen LogP contribution in [-0.4, -0.2) is 48.1 Å². The van der Waals surface area contributed by atoms with Crippen molar-refractivity contribution in [2.45, 2.75) is 13.1 Å². The number of ether oxygens (including phenoxy) is 1. The van der Waals surface area contributed by atoms with Crippen molar-refractivity contribution in [1.29, 1.82) is 0 Å². The van der Waals surface area contributed by atoms with Gasteiger partial charge in [-0.15, -0.1) is 0 Å². The normalized spacial score (nSPS) is 16.3. The number of piperazine rings is 1. The molecule has 2 aromatic rings. The quantitative estimate of drug-likeness (QED) is 0.841. The Morgan fingerprint density at radius 1 is 0.958 bits per heavy atom. The highest BCUT2D eigenvalue weighted by molar-refractivity contribution is 5.18. The lowest BCUT2D eigenvalue weighted by atomic mass is 10.2. The van der Waals surface area contributed by atoms with Crippen LogP contribution in [0, 0.1) is 11.6 Å². The highest BCUT2D eigenvalue weighted by Crippen LogP contribution is 2.14. The minimum absolute atomic E-state index is 0.629. The molecule has 0 N–H and O–H groups in total. The average Bonchev–Trinajstić information content (AvgIpc) is 2.60. The molecular formula is C18H21F2N3O. The molecule has 1 fully saturated rings. The maximum absolute atomic E-state index is 13.3. The molecule has 0 bridgehead atoms. The van der Waals surface area contributed by atoms with Crippen molar-refractivity contribution >= 4 is 0 Å². The molecular weight excluding hydrogens is 312 g/mol. The van der Waals surface area contributed by atoms with Crippen molar-refractivity contribution in [3.05, 3.63) is 59.3 Å². The molecule has 128 valence electrons. The summed E-state index contributed by atoms with van der Waals surface area (Å²) in [5, 5.41) is 0. The van der Waals surface area contributed by atoms with Crippen LogP contribution in [0.4, 0.5) is 8.78 Å². The van der Waals surface area contributed by atoms with Gasteiger partial charge in [0, 0.05) is 45.3 Å². The van der Waals surface area contributed by atoms with E-state index < -0.39 is 11.6 Å². The van der Waals surface area contributed by atoms with Crippen molar-refractivity contribution < 1.29 is 13.5 Å². The van der Waals surface area contributed by atoms with Gasteiger partial charge in [-0.1, -0.05) is 12.1 Å². The smallest absolute Gasteiger partial charge is 0.213 e. The van der Waals surface area contributed by atoms with Gasteiger partial charge in [-0.2, -0.15) is 0 Å². The van der Waals surface area contributed by atoms with Gasteiger partial charge in [0.05, 0.1) is 12.8 Å². The van der Waals surface area contributed by atoms with Crippen LogP contribution in [0.2, 0.25) is 0 Å². The summed E-state index contributed by atoms with van der Waals surface area (Å²) in [6.07, 6.45) is 0. The van der Waals surface area contributed by atoms with E-state index >= 15 is 0 Å². The van der Waals surface area contributed by atoms with Crippen LogP contribution in [0.25, 0.3) is 0 Å². The van der Waals surface area contributed by atoms with Crippen LogP contribution in [0.5, 0.6) is 5.88 Å². The number of pyridine rings is 1. The Kier molecular flexibility index (Phi) is 5.37. The van der Waals surface area contributed by atoms with Crippen LogP contribution in [0.15, 0.2) is 36.4 Å². The monoisotopic (exact) mass is 333 g/mol. The van der Waals surface area contributed by atoms with Crippen LogP contribution in [0.3, 0.4) is 0 Å². The van der Waals surface area contributed by atoms with Gasteiger partial charge >= 0.3 is 0 Å². The number of benzene rings is 1. The van der Waals surface area contributed by atoms with E-state index in [-0.39, 0.29) is 0 Å². The Hall–Kier alpha value is -2.05. The largest absolute Gasteiger partial charge is 0.481 e. The molecule has 1 aromatic heterocycles. The summed E-state index contributed by atoms with van der Waals surface area (Å²) in [7, 11) is 1.61. The number of methoxy groups -OCH3 is 1. The molecule has 0 unspecified atom stereocenters. The molecule has 0 amide bonds. The van der Waals surface area contributed by atoms with Gasteiger partial charge in [-0.3, -0.25) is 9.80 Å². The highest BCUT2D eigenvalue weighted by Gasteiger charge is 2.18. The molecule has 0 radical (unpaired) electrons. The summed E-state index contributed by atoms with van der Waals surface area (Å²) in [6, 6.07) is 9.89. The molecule has 1 aromatic carbocycles. The molecule has 0 spiro atoms. The molecule has 0 aliphatic carbocycles. The molecule has 4 nitrogen and oxygen atoms in total. The standard InChI is InChI=1S/C18H21F2N3O/c1-24-18-4-2-3-15(21-18)13-23-9-7-22(8-10-23)12-14-5-6-16(19)17(20)11-14/h2-6,11H,7-10,12-13H2,1H3. The summed E-state index contributed by atoms with van der Waals surface area (Å²) >= 11 is 0. The molecule has 2 heterocycles. The predicted molar refractivity (Wildman–Crippen MR) is 87.7 cm³/mol. The second kappa shape index (κ2) is 7.68. The number of nitrogens with zero attached hydrogens (tertiary/aromatic N) is 3. The van der Waals surface area contributed by atoms with Gasteiger partial charge in [0.1, 0.15) is 0 Å². The van der Waals surface area contributed by atoms with Crippen LogP contribution in [-0.2, 0) is 13.1 Å². The SMILES string of the molecule is COc1cccc(CN2CCN(Cc3ccc(F)c(F)c3)CC2)n1. The fourth-order valence-electron chi connectivity index (χ4n) is 2.89. The summed E-state index contributed by atoms with van der Waals surface area (Å²) in [6.45, 7) is 5.05. The third-order valence-corrected chi connectivity index (χ3v) is 4.23. The lowest BCUT2D eigenvalue weighted by Gasteiger charge is -2.34. The summed E-state index contributed by atoms with van der Waals surface area (Å²) in [5.41, 5.74) is 1.79. The first-order valence-electron chi connectivity index (χ1n) is 8.02. The Morgan fingerprint density at radius 3 is 2.33 bits per heavy atom. The van der Waals surface area contributed by atoms with E-state index in [0.29, 0.717) is 12.4 Å². The van der Waals surface area contributed by atoms with E-state index in [0.717, 1.165) is 44.0 Å². The van der Waals surface area contributed by atoms with E-state index in [1.807, 2.05) is 18.2 Å². The Morgan fingerprint density at radius 2 is 1.67 bits per heavy atom. The summed E-state index contributed by atoms with van der Waals surface area (Å²) in [4.78, 5) is 9.02. The molecule has 6 heteroatoms. The molecule has 0 atom stereocenters. The zero-order valence-corrected chi connectivity index (χ0v) is 13.7. The van der Waals surface area contributed by atoms with E-state index in [1.165, 1.54) is 12.1 Å². The van der Waals surface area contributed by atoms with Crippen LogP contribution in [0.1, 0.15) is 11.3 Å². The molecule has 3 rings (SSSR count). The van der Waals surface area contributed by atoms with E-state index in [1.54, 1.807) is 13.2 Å². The zero-order chi connectivity index (χ0) is 16.9. The van der Waals surface area contributed by atoms with Gasteiger partial charge in [0.25, 0.3) is 0 Å². The average molecular weight is 333 g/mol. The molecule has 1 aliphatic rings. The third kappa shape index (κ3) is 4.27. The molecule has 1 saturated heterocycles. The molecule has 24 heavy (non-hydrogen) atoms. The first kappa shape index (κ1) is 16.8. The van der Waals surface area contributed by atoms with Gasteiger partial charge in [0.15, 0.2) is 11.6 Å². The van der Waals surface area contributed by atoms with E-state index in [2.05, 4.69) is 14.8 Å². The first-order chi connectivity index (χ1) is 11.6. The molecule has 1 aliphatic heterocycles. The van der Waals surface area contributed by atoms with Crippen LogP contribution >= 0.6 is 0 Å². The molecule has 0 saturated carbocycles. The zero-order valence-electron chi connectivity index (χ0n) is 13.7. The Labute approximate surface area is 140 Å². The second-order valence-corrected chi connectivity index (χ2v) is 5.97. The first-order valence-corrected chi connectivity index (χ1v) is 8.02. The topological polar surface area (TPSA) is 28.6 Å². The van der Waals surface area contributed by atoms with Crippen molar-refractivity contribution in [2.75, 3.05) is 33.3 Å². The van der Waals surface area contributed by atoms with Crippen molar-refractivity contribution in [1.82, 2.24) is 14.8 Å². The third-order valence-electron chi connectivity index (χ3n) is 4.23. The summed E-state index contributed by atoms with van der Waals surface area (Å²) < 4.78 is 31.4. The fourth-order valence-corrected chi connectivity index (χ4v) is 2.89.